The number of nitrogens with one attached hydrogen (secondary N) is 2. The Kier molecular flexibility index (Phi) is 6.86. The fraction of sp³-hybridized carbons (Fsp3) is 0.500. The molecule has 0 aliphatic heterocycles. The van der Waals surface area contributed by atoms with Crippen LogP contribution in [0.2, 0.25) is 0 Å². The summed E-state index contributed by atoms with van der Waals surface area (Å²) in [4.78, 5) is 12.0. The van der Waals surface area contributed by atoms with Crippen LogP contribution in [0.1, 0.15) is 20.8 Å². The molecule has 0 saturated carbocycles. The average Bonchev–Trinajstić information content (AvgIpc) is 2.43. The van der Waals surface area contributed by atoms with Gasteiger partial charge in [-0.05, 0) is 18.2 Å². The Balaban J connectivity index is 2.74. The number of benzene rings is 1. The van der Waals surface area contributed by atoms with E-state index in [1.807, 2.05) is 20.8 Å². The van der Waals surface area contributed by atoms with Crippen molar-refractivity contribution in [3.8, 4) is 0 Å². The molecule has 0 spiro atoms. The minimum Gasteiger partial charge on any atom is -0.329 e. The lowest BCUT2D eigenvalue weighted by atomic mass is 10.3. The molecule has 1 amide bonds. The van der Waals surface area contributed by atoms with Crippen LogP contribution in [0.3, 0.4) is 0 Å². The molecule has 124 valence electrons. The van der Waals surface area contributed by atoms with Crippen molar-refractivity contribution >= 4 is 33.4 Å². The van der Waals surface area contributed by atoms with Crippen molar-refractivity contribution in [1.29, 1.82) is 0 Å². The van der Waals surface area contributed by atoms with E-state index >= 15 is 0 Å². The van der Waals surface area contributed by atoms with Gasteiger partial charge in [-0.2, -0.15) is 0 Å². The molecule has 0 radical (unpaired) electrons. The summed E-state index contributed by atoms with van der Waals surface area (Å²) in [6.45, 7) is 6.48. The van der Waals surface area contributed by atoms with Gasteiger partial charge in [-0.15, -0.1) is 11.8 Å². The zero-order valence-corrected chi connectivity index (χ0v) is 14.7. The van der Waals surface area contributed by atoms with E-state index in [1.54, 1.807) is 12.1 Å². The van der Waals surface area contributed by atoms with Gasteiger partial charge in [0.15, 0.2) is 0 Å². The SMILES string of the molecule is CC(C)(C)SCC(=O)Nc1cccc(S(=O)(=O)NCCN)c1. The molecular weight excluding hydrogens is 322 g/mol. The van der Waals surface area contributed by atoms with Crippen molar-refractivity contribution in [3.05, 3.63) is 24.3 Å². The smallest absolute Gasteiger partial charge is 0.240 e. The van der Waals surface area contributed by atoms with Gasteiger partial charge >= 0.3 is 0 Å². The highest BCUT2D eigenvalue weighted by Crippen LogP contribution is 2.23. The normalized spacial score (nSPS) is 12.2. The predicted molar refractivity (Wildman–Crippen MR) is 91.5 cm³/mol. The van der Waals surface area contributed by atoms with Gasteiger partial charge in [-0.1, -0.05) is 26.8 Å². The molecule has 0 bridgehead atoms. The van der Waals surface area contributed by atoms with Gasteiger partial charge in [0.25, 0.3) is 0 Å². The first-order chi connectivity index (χ1) is 10.1. The number of sulfonamides is 1. The fourth-order valence-electron chi connectivity index (χ4n) is 1.50. The number of hydrogen-bond donors (Lipinski definition) is 3. The summed E-state index contributed by atoms with van der Waals surface area (Å²) in [6.07, 6.45) is 0. The highest BCUT2D eigenvalue weighted by molar-refractivity contribution is 8.01. The summed E-state index contributed by atoms with van der Waals surface area (Å²) < 4.78 is 26.4. The number of rotatable bonds is 7. The molecule has 1 rings (SSSR count). The molecule has 4 N–H and O–H groups in total. The highest BCUT2D eigenvalue weighted by Gasteiger charge is 2.16. The first-order valence-electron chi connectivity index (χ1n) is 6.88. The third-order valence-electron chi connectivity index (χ3n) is 2.50. The highest BCUT2D eigenvalue weighted by atomic mass is 32.2. The van der Waals surface area contributed by atoms with Crippen molar-refractivity contribution in [2.24, 2.45) is 5.73 Å². The molecule has 1 aromatic carbocycles. The van der Waals surface area contributed by atoms with E-state index in [0.717, 1.165) is 0 Å². The second kappa shape index (κ2) is 7.96. The number of anilines is 1. The van der Waals surface area contributed by atoms with Crippen molar-refractivity contribution in [2.75, 3.05) is 24.2 Å². The van der Waals surface area contributed by atoms with E-state index in [-0.39, 0.29) is 28.6 Å². The van der Waals surface area contributed by atoms with Gasteiger partial charge in [-0.25, -0.2) is 13.1 Å². The summed E-state index contributed by atoms with van der Waals surface area (Å²) >= 11 is 1.53. The van der Waals surface area contributed by atoms with Gasteiger partial charge in [0.05, 0.1) is 10.6 Å². The molecule has 6 nitrogen and oxygen atoms in total. The number of amides is 1. The van der Waals surface area contributed by atoms with Gasteiger partial charge in [-0.3, -0.25) is 4.79 Å². The molecule has 0 aromatic heterocycles. The van der Waals surface area contributed by atoms with Crippen LogP contribution in [0, 0.1) is 0 Å². The van der Waals surface area contributed by atoms with Crippen LogP contribution in [0.4, 0.5) is 5.69 Å². The molecule has 8 heteroatoms. The van der Waals surface area contributed by atoms with Gasteiger partial charge in [0, 0.05) is 23.5 Å². The van der Waals surface area contributed by atoms with Crippen LogP contribution in [0.15, 0.2) is 29.2 Å². The number of carbonyl (C=O) groups is 1. The van der Waals surface area contributed by atoms with Crippen molar-refractivity contribution in [3.63, 3.8) is 0 Å². The molecule has 0 atom stereocenters. The zero-order valence-electron chi connectivity index (χ0n) is 13.0. The van der Waals surface area contributed by atoms with Crippen molar-refractivity contribution in [1.82, 2.24) is 4.72 Å². The lowest BCUT2D eigenvalue weighted by Crippen LogP contribution is -2.29. The summed E-state index contributed by atoms with van der Waals surface area (Å²) in [5.74, 6) is 0.149. The Labute approximate surface area is 136 Å². The second-order valence-electron chi connectivity index (χ2n) is 5.66. The summed E-state index contributed by atoms with van der Waals surface area (Å²) in [7, 11) is -3.60. The number of carbonyl (C=O) groups excluding carboxylic acids is 1. The number of nitrogens with two attached hydrogens (primary N) is 1. The Morgan fingerprint density at radius 3 is 2.59 bits per heavy atom. The molecule has 0 fully saturated rings. The fourth-order valence-corrected chi connectivity index (χ4v) is 3.23. The van der Waals surface area contributed by atoms with E-state index in [4.69, 9.17) is 5.73 Å². The largest absolute Gasteiger partial charge is 0.329 e. The Bertz CT molecular complexity index is 610. The van der Waals surface area contributed by atoms with Crippen LogP contribution in [-0.4, -0.2) is 37.9 Å². The maximum Gasteiger partial charge on any atom is 0.240 e. The van der Waals surface area contributed by atoms with Crippen LogP contribution < -0.4 is 15.8 Å². The van der Waals surface area contributed by atoms with Crippen molar-refractivity contribution in [2.45, 2.75) is 30.4 Å². The maximum absolute atomic E-state index is 12.0. The molecular formula is C14H23N3O3S2. The Morgan fingerprint density at radius 1 is 1.32 bits per heavy atom. The summed E-state index contributed by atoms with van der Waals surface area (Å²) in [6, 6.07) is 6.14. The van der Waals surface area contributed by atoms with Crippen molar-refractivity contribution < 1.29 is 13.2 Å². The average molecular weight is 345 g/mol. The minimum atomic E-state index is -3.60. The predicted octanol–water partition coefficient (Wildman–Crippen LogP) is 1.39. The van der Waals surface area contributed by atoms with E-state index in [1.165, 1.54) is 23.9 Å². The quantitative estimate of drug-likeness (QED) is 0.693. The summed E-state index contributed by atoms with van der Waals surface area (Å²) in [5.41, 5.74) is 5.75. The van der Waals surface area contributed by atoms with E-state index in [0.29, 0.717) is 11.4 Å². The topological polar surface area (TPSA) is 101 Å². The third-order valence-corrected chi connectivity index (χ3v) is 5.23. The van der Waals surface area contributed by atoms with Crippen LogP contribution in [0.5, 0.6) is 0 Å². The van der Waals surface area contributed by atoms with E-state index < -0.39 is 10.0 Å². The van der Waals surface area contributed by atoms with Gasteiger partial charge < -0.3 is 11.1 Å². The molecule has 0 heterocycles. The van der Waals surface area contributed by atoms with Crippen LogP contribution >= 0.6 is 11.8 Å². The third kappa shape index (κ3) is 6.78. The number of thioether (sulfide) groups is 1. The first kappa shape index (κ1) is 19.0. The zero-order chi connectivity index (χ0) is 16.8. The Morgan fingerprint density at radius 2 is 2.00 bits per heavy atom. The molecule has 22 heavy (non-hydrogen) atoms. The molecule has 0 aliphatic carbocycles. The van der Waals surface area contributed by atoms with E-state index in [2.05, 4.69) is 10.0 Å². The lowest BCUT2D eigenvalue weighted by Gasteiger charge is -2.17. The summed E-state index contributed by atoms with van der Waals surface area (Å²) in [5, 5.41) is 2.71. The maximum atomic E-state index is 12.0. The van der Waals surface area contributed by atoms with Gasteiger partial charge in [0.2, 0.25) is 15.9 Å². The van der Waals surface area contributed by atoms with Crippen LogP contribution in [0.25, 0.3) is 0 Å². The first-order valence-corrected chi connectivity index (χ1v) is 9.34. The molecule has 0 unspecified atom stereocenters. The molecule has 1 aromatic rings. The van der Waals surface area contributed by atoms with E-state index in [9.17, 15) is 13.2 Å². The molecule has 0 saturated heterocycles. The second-order valence-corrected chi connectivity index (χ2v) is 9.23. The Hall–Kier alpha value is -1.09. The monoisotopic (exact) mass is 345 g/mol. The van der Waals surface area contributed by atoms with Crippen LogP contribution in [-0.2, 0) is 14.8 Å². The van der Waals surface area contributed by atoms with Gasteiger partial charge in [0.1, 0.15) is 0 Å². The standard InChI is InChI=1S/C14H23N3O3S2/c1-14(2,3)21-10-13(18)17-11-5-4-6-12(9-11)22(19,20)16-8-7-15/h4-6,9,16H,7-8,10,15H2,1-3H3,(H,17,18). The number of hydrogen-bond acceptors (Lipinski definition) is 5. The molecule has 0 aliphatic rings. The minimum absolute atomic E-state index is 0.00529. The lowest BCUT2D eigenvalue weighted by molar-refractivity contribution is -0.113.